The number of nitrogens with one attached hydrogen (secondary N) is 2. The van der Waals surface area contributed by atoms with Gasteiger partial charge in [-0.25, -0.2) is 4.79 Å². The van der Waals surface area contributed by atoms with Crippen LogP contribution < -0.4 is 10.6 Å². The lowest BCUT2D eigenvalue weighted by molar-refractivity contribution is -0.139. The van der Waals surface area contributed by atoms with Gasteiger partial charge in [-0.1, -0.05) is 32.4 Å². The third-order valence-electron chi connectivity index (χ3n) is 3.10. The summed E-state index contributed by atoms with van der Waals surface area (Å²) in [6.07, 6.45) is 0.616. The van der Waals surface area contributed by atoms with E-state index in [1.54, 1.807) is 13.0 Å². The summed E-state index contributed by atoms with van der Waals surface area (Å²) < 4.78 is 0. The van der Waals surface area contributed by atoms with E-state index in [0.717, 1.165) is 0 Å². The van der Waals surface area contributed by atoms with E-state index in [-0.39, 0.29) is 28.8 Å². The van der Waals surface area contributed by atoms with Crippen LogP contribution in [0.4, 0.5) is 5.69 Å². The molecule has 0 bridgehead atoms. The Morgan fingerprint density at radius 3 is 2.43 bits per heavy atom. The summed E-state index contributed by atoms with van der Waals surface area (Å²) in [7, 11) is 0. The molecule has 0 aliphatic carbocycles. The number of halogens is 1. The standard InChI is InChI=1S/C16H21ClN2O4/c1-4-13(16(22)23)19-15(21)11-8-10(5-6-12(11)17)18-14(20)7-9(2)3/h5-6,8-9,13H,4,7H2,1-3H3,(H,18,20)(H,19,21)(H,22,23). The average molecular weight is 341 g/mol. The molecule has 0 saturated carbocycles. The van der Waals surface area contributed by atoms with Gasteiger partial charge in [0, 0.05) is 12.1 Å². The molecule has 3 N–H and O–H groups in total. The first kappa shape index (κ1) is 19.0. The van der Waals surface area contributed by atoms with E-state index in [1.807, 2.05) is 13.8 Å². The van der Waals surface area contributed by atoms with Crippen molar-refractivity contribution in [2.24, 2.45) is 5.92 Å². The van der Waals surface area contributed by atoms with Crippen molar-refractivity contribution in [3.05, 3.63) is 28.8 Å². The van der Waals surface area contributed by atoms with E-state index in [1.165, 1.54) is 12.1 Å². The average Bonchev–Trinajstić information content (AvgIpc) is 2.45. The van der Waals surface area contributed by atoms with Crippen LogP contribution >= 0.6 is 11.6 Å². The monoisotopic (exact) mass is 340 g/mol. The molecule has 0 aliphatic heterocycles. The second-order valence-corrected chi connectivity index (χ2v) is 6.02. The molecule has 1 atom stereocenters. The summed E-state index contributed by atoms with van der Waals surface area (Å²) in [4.78, 5) is 35.0. The first-order valence-electron chi connectivity index (χ1n) is 7.37. The van der Waals surface area contributed by atoms with Crippen LogP contribution in [-0.2, 0) is 9.59 Å². The lowest BCUT2D eigenvalue weighted by Gasteiger charge is -2.14. The number of anilines is 1. The predicted octanol–water partition coefficient (Wildman–Crippen LogP) is 2.92. The van der Waals surface area contributed by atoms with Crippen LogP contribution in [-0.4, -0.2) is 28.9 Å². The van der Waals surface area contributed by atoms with Gasteiger partial charge >= 0.3 is 5.97 Å². The fourth-order valence-electron chi connectivity index (χ4n) is 1.93. The van der Waals surface area contributed by atoms with Gasteiger partial charge in [-0.3, -0.25) is 9.59 Å². The Morgan fingerprint density at radius 1 is 1.26 bits per heavy atom. The van der Waals surface area contributed by atoms with E-state index in [9.17, 15) is 14.4 Å². The minimum absolute atomic E-state index is 0.119. The highest BCUT2D eigenvalue weighted by molar-refractivity contribution is 6.34. The molecule has 1 aromatic rings. The maximum atomic E-state index is 12.2. The summed E-state index contributed by atoms with van der Waals surface area (Å²) in [6.45, 7) is 5.51. The molecule has 0 saturated heterocycles. The summed E-state index contributed by atoms with van der Waals surface area (Å²) >= 11 is 6.00. The van der Waals surface area contributed by atoms with Gasteiger partial charge < -0.3 is 15.7 Å². The van der Waals surface area contributed by atoms with E-state index < -0.39 is 17.9 Å². The molecule has 1 unspecified atom stereocenters. The zero-order chi connectivity index (χ0) is 17.6. The zero-order valence-electron chi connectivity index (χ0n) is 13.4. The second kappa shape index (κ2) is 8.53. The zero-order valence-corrected chi connectivity index (χ0v) is 14.1. The number of carbonyl (C=O) groups excluding carboxylic acids is 2. The van der Waals surface area contributed by atoms with Crippen molar-refractivity contribution in [3.8, 4) is 0 Å². The smallest absolute Gasteiger partial charge is 0.326 e. The van der Waals surface area contributed by atoms with Gasteiger partial charge in [0.05, 0.1) is 10.6 Å². The van der Waals surface area contributed by atoms with E-state index in [2.05, 4.69) is 10.6 Å². The summed E-state index contributed by atoms with van der Waals surface area (Å²) in [5, 5.41) is 14.3. The highest BCUT2D eigenvalue weighted by Crippen LogP contribution is 2.21. The van der Waals surface area contributed by atoms with Crippen LogP contribution in [0.15, 0.2) is 18.2 Å². The van der Waals surface area contributed by atoms with Crippen LogP contribution in [0.25, 0.3) is 0 Å². The molecule has 0 aromatic heterocycles. The number of benzene rings is 1. The van der Waals surface area contributed by atoms with Gasteiger partial charge in [-0.05, 0) is 30.5 Å². The number of carboxylic acid groups (broad SMARTS) is 1. The first-order chi connectivity index (χ1) is 10.7. The molecule has 7 heteroatoms. The Kier molecular flexibility index (Phi) is 7.03. The molecule has 2 amide bonds. The van der Waals surface area contributed by atoms with Crippen molar-refractivity contribution < 1.29 is 19.5 Å². The van der Waals surface area contributed by atoms with Crippen molar-refractivity contribution in [3.63, 3.8) is 0 Å². The van der Waals surface area contributed by atoms with Crippen molar-refractivity contribution in [1.82, 2.24) is 5.32 Å². The normalized spacial score (nSPS) is 11.9. The molecule has 23 heavy (non-hydrogen) atoms. The second-order valence-electron chi connectivity index (χ2n) is 5.61. The number of aliphatic carboxylic acids is 1. The van der Waals surface area contributed by atoms with Crippen LogP contribution in [0.5, 0.6) is 0 Å². The van der Waals surface area contributed by atoms with E-state index in [4.69, 9.17) is 16.7 Å². The van der Waals surface area contributed by atoms with Gasteiger partial charge in [0.15, 0.2) is 0 Å². The lowest BCUT2D eigenvalue weighted by atomic mass is 10.1. The molecule has 0 aliphatic rings. The molecular formula is C16H21ClN2O4. The van der Waals surface area contributed by atoms with Crippen molar-refractivity contribution >= 4 is 35.1 Å². The fourth-order valence-corrected chi connectivity index (χ4v) is 2.14. The molecule has 126 valence electrons. The number of carbonyl (C=O) groups is 3. The van der Waals surface area contributed by atoms with Crippen LogP contribution in [0.3, 0.4) is 0 Å². The summed E-state index contributed by atoms with van der Waals surface area (Å²) in [5.74, 6) is -1.65. The van der Waals surface area contributed by atoms with Crippen LogP contribution in [0, 0.1) is 5.92 Å². The van der Waals surface area contributed by atoms with E-state index in [0.29, 0.717) is 12.1 Å². The van der Waals surface area contributed by atoms with Gasteiger partial charge in [-0.15, -0.1) is 0 Å². The highest BCUT2D eigenvalue weighted by atomic mass is 35.5. The molecule has 0 fully saturated rings. The predicted molar refractivity (Wildman–Crippen MR) is 88.7 cm³/mol. The summed E-state index contributed by atoms with van der Waals surface area (Å²) in [6, 6.07) is 3.53. The van der Waals surface area contributed by atoms with Gasteiger partial charge in [0.2, 0.25) is 5.91 Å². The van der Waals surface area contributed by atoms with Crippen LogP contribution in [0.2, 0.25) is 5.02 Å². The Morgan fingerprint density at radius 2 is 1.91 bits per heavy atom. The number of hydrogen-bond donors (Lipinski definition) is 3. The summed E-state index contributed by atoms with van der Waals surface area (Å²) in [5.41, 5.74) is 0.558. The van der Waals surface area contributed by atoms with Crippen molar-refractivity contribution in [1.29, 1.82) is 0 Å². The Labute approximate surface area is 140 Å². The molecule has 0 spiro atoms. The molecule has 1 aromatic carbocycles. The number of hydrogen-bond acceptors (Lipinski definition) is 3. The Hall–Kier alpha value is -2.08. The maximum absolute atomic E-state index is 12.2. The van der Waals surface area contributed by atoms with E-state index >= 15 is 0 Å². The number of rotatable bonds is 7. The maximum Gasteiger partial charge on any atom is 0.326 e. The molecular weight excluding hydrogens is 320 g/mol. The van der Waals surface area contributed by atoms with Gasteiger partial charge in [0.25, 0.3) is 5.91 Å². The highest BCUT2D eigenvalue weighted by Gasteiger charge is 2.20. The Balaban J connectivity index is 2.90. The third kappa shape index (κ3) is 5.90. The largest absolute Gasteiger partial charge is 0.480 e. The molecule has 0 radical (unpaired) electrons. The molecule has 1 rings (SSSR count). The minimum Gasteiger partial charge on any atom is -0.480 e. The van der Waals surface area contributed by atoms with Crippen LogP contribution in [0.1, 0.15) is 44.0 Å². The first-order valence-corrected chi connectivity index (χ1v) is 7.75. The Bertz CT molecular complexity index is 602. The topological polar surface area (TPSA) is 95.5 Å². The third-order valence-corrected chi connectivity index (χ3v) is 3.43. The van der Waals surface area contributed by atoms with Crippen molar-refractivity contribution in [2.45, 2.75) is 39.7 Å². The molecule has 0 heterocycles. The lowest BCUT2D eigenvalue weighted by Crippen LogP contribution is -2.40. The fraction of sp³-hybridized carbons (Fsp3) is 0.438. The minimum atomic E-state index is -1.11. The number of amides is 2. The van der Waals surface area contributed by atoms with Gasteiger partial charge in [-0.2, -0.15) is 0 Å². The van der Waals surface area contributed by atoms with Gasteiger partial charge in [0.1, 0.15) is 6.04 Å². The quantitative estimate of drug-likeness (QED) is 0.711. The number of carboxylic acids is 1. The molecule has 6 nitrogen and oxygen atoms in total. The van der Waals surface area contributed by atoms with Crippen molar-refractivity contribution in [2.75, 3.05) is 5.32 Å². The SMILES string of the molecule is CCC(NC(=O)c1cc(NC(=O)CC(C)C)ccc1Cl)C(=O)O.